The smallest absolute Gasteiger partial charge is 0.146 e. The number of ether oxygens (including phenoxy) is 2. The largest absolute Gasteiger partial charge is 0.494 e. The Morgan fingerprint density at radius 3 is 2.86 bits per heavy atom. The number of anilines is 1. The van der Waals surface area contributed by atoms with Gasteiger partial charge in [0.15, 0.2) is 0 Å². The first-order valence-corrected chi connectivity index (χ1v) is 9.77. The standard InChI is InChI=1S/C21H20ClN5O2/c1-28-19-8-14(29-15-9-23-10-15)5-6-17(19)26-12-16(22)21(25-13-26)18-11-24-20-4-2-3-7-27(18)20/h2-8,11-12,15,23H,9-10,13H2,1H3. The van der Waals surface area contributed by atoms with Crippen LogP contribution in [0, 0.1) is 0 Å². The molecule has 1 aromatic carbocycles. The van der Waals surface area contributed by atoms with Crippen LogP contribution >= 0.6 is 11.6 Å². The number of rotatable bonds is 5. The number of imidazole rings is 1. The second-order valence-electron chi connectivity index (χ2n) is 6.90. The minimum Gasteiger partial charge on any atom is -0.494 e. The number of nitrogens with zero attached hydrogens (tertiary/aromatic N) is 4. The summed E-state index contributed by atoms with van der Waals surface area (Å²) in [6.07, 6.45) is 5.84. The number of methoxy groups -OCH3 is 1. The van der Waals surface area contributed by atoms with E-state index in [0.29, 0.717) is 17.5 Å². The maximum Gasteiger partial charge on any atom is 0.146 e. The minimum absolute atomic E-state index is 0.215. The molecule has 0 aliphatic carbocycles. The number of aliphatic imine (C=N–C) groups is 1. The number of aromatic nitrogens is 2. The first-order chi connectivity index (χ1) is 14.2. The van der Waals surface area contributed by atoms with Gasteiger partial charge in [-0.15, -0.1) is 0 Å². The first-order valence-electron chi connectivity index (χ1n) is 9.39. The third-order valence-corrected chi connectivity index (χ3v) is 5.32. The number of benzene rings is 1. The van der Waals surface area contributed by atoms with E-state index < -0.39 is 0 Å². The molecule has 2 aliphatic heterocycles. The fourth-order valence-electron chi connectivity index (χ4n) is 3.42. The highest BCUT2D eigenvalue weighted by atomic mass is 35.5. The summed E-state index contributed by atoms with van der Waals surface area (Å²) >= 11 is 6.62. The lowest BCUT2D eigenvalue weighted by Gasteiger charge is -2.29. The predicted octanol–water partition coefficient (Wildman–Crippen LogP) is 3.04. The van der Waals surface area contributed by atoms with Crippen LogP contribution in [0.25, 0.3) is 5.65 Å². The van der Waals surface area contributed by atoms with Crippen molar-refractivity contribution in [2.24, 2.45) is 4.99 Å². The Kier molecular flexibility index (Phi) is 4.61. The van der Waals surface area contributed by atoms with E-state index in [4.69, 9.17) is 26.1 Å². The van der Waals surface area contributed by atoms with Crippen LogP contribution in [-0.2, 0) is 0 Å². The molecule has 3 aromatic rings. The number of nitrogens with one attached hydrogen (secondary N) is 1. The van der Waals surface area contributed by atoms with E-state index in [9.17, 15) is 0 Å². The summed E-state index contributed by atoms with van der Waals surface area (Å²) < 4.78 is 13.5. The van der Waals surface area contributed by atoms with Gasteiger partial charge in [0, 0.05) is 31.6 Å². The van der Waals surface area contributed by atoms with Gasteiger partial charge in [0.05, 0.1) is 29.7 Å². The summed E-state index contributed by atoms with van der Waals surface area (Å²) in [6, 6.07) is 11.7. The molecule has 4 heterocycles. The fraction of sp³-hybridized carbons (Fsp3) is 0.238. The summed E-state index contributed by atoms with van der Waals surface area (Å²) in [4.78, 5) is 11.1. The third-order valence-electron chi connectivity index (χ3n) is 5.04. The van der Waals surface area contributed by atoms with Crippen LogP contribution in [0.5, 0.6) is 11.5 Å². The monoisotopic (exact) mass is 409 g/mol. The van der Waals surface area contributed by atoms with E-state index in [1.165, 1.54) is 0 Å². The predicted molar refractivity (Wildman–Crippen MR) is 113 cm³/mol. The molecule has 1 N–H and O–H groups in total. The Bertz CT molecular complexity index is 1120. The molecule has 1 fully saturated rings. The molecule has 0 radical (unpaired) electrons. The van der Waals surface area contributed by atoms with Gasteiger partial charge in [-0.05, 0) is 24.3 Å². The van der Waals surface area contributed by atoms with Crippen molar-refractivity contribution in [1.29, 1.82) is 0 Å². The molecule has 7 nitrogen and oxygen atoms in total. The topological polar surface area (TPSA) is 63.4 Å². The van der Waals surface area contributed by atoms with Gasteiger partial charge in [0.2, 0.25) is 0 Å². The minimum atomic E-state index is 0.215. The summed E-state index contributed by atoms with van der Waals surface area (Å²) in [5.74, 6) is 1.50. The van der Waals surface area contributed by atoms with Crippen LogP contribution < -0.4 is 19.7 Å². The van der Waals surface area contributed by atoms with Crippen LogP contribution in [0.1, 0.15) is 5.69 Å². The summed E-state index contributed by atoms with van der Waals surface area (Å²) in [5, 5.41) is 3.74. The number of fused-ring (bicyclic) bond motifs is 1. The molecule has 2 aromatic heterocycles. The Morgan fingerprint density at radius 1 is 1.21 bits per heavy atom. The summed E-state index contributed by atoms with van der Waals surface area (Å²) in [6.45, 7) is 2.17. The number of halogens is 1. The van der Waals surface area contributed by atoms with Crippen LogP contribution in [0.3, 0.4) is 0 Å². The van der Waals surface area contributed by atoms with Crippen molar-refractivity contribution in [1.82, 2.24) is 14.7 Å². The maximum atomic E-state index is 6.62. The molecule has 29 heavy (non-hydrogen) atoms. The third kappa shape index (κ3) is 3.32. The van der Waals surface area contributed by atoms with Crippen molar-refractivity contribution in [2.75, 3.05) is 31.8 Å². The van der Waals surface area contributed by atoms with E-state index in [2.05, 4.69) is 10.3 Å². The molecule has 2 aliphatic rings. The summed E-state index contributed by atoms with van der Waals surface area (Å²) in [7, 11) is 1.65. The molecular formula is C21H20ClN5O2. The average molecular weight is 410 g/mol. The van der Waals surface area contributed by atoms with Crippen molar-refractivity contribution in [2.45, 2.75) is 6.10 Å². The van der Waals surface area contributed by atoms with E-state index in [0.717, 1.165) is 41.6 Å². The van der Waals surface area contributed by atoms with Crippen LogP contribution in [0.4, 0.5) is 5.69 Å². The van der Waals surface area contributed by atoms with Crippen molar-refractivity contribution < 1.29 is 9.47 Å². The molecule has 148 valence electrons. The maximum absolute atomic E-state index is 6.62. The molecular weight excluding hydrogens is 390 g/mol. The Labute approximate surface area is 173 Å². The SMILES string of the molecule is COc1cc(OC2CNC2)ccc1N1C=C(Cl)C(c2cnc3ccccn23)=NC1. The molecule has 0 unspecified atom stereocenters. The molecule has 0 saturated carbocycles. The average Bonchev–Trinajstić information content (AvgIpc) is 3.14. The van der Waals surface area contributed by atoms with Gasteiger partial charge in [-0.1, -0.05) is 17.7 Å². The summed E-state index contributed by atoms with van der Waals surface area (Å²) in [5.41, 5.74) is 3.33. The number of hydrogen-bond donors (Lipinski definition) is 1. The van der Waals surface area contributed by atoms with Crippen molar-refractivity contribution in [3.05, 3.63) is 65.7 Å². The molecule has 0 amide bonds. The highest BCUT2D eigenvalue weighted by molar-refractivity contribution is 6.46. The normalized spacial score (nSPS) is 17.0. The van der Waals surface area contributed by atoms with E-state index in [-0.39, 0.29) is 6.10 Å². The van der Waals surface area contributed by atoms with Crippen molar-refractivity contribution in [3.8, 4) is 11.5 Å². The van der Waals surface area contributed by atoms with Crippen LogP contribution in [0.15, 0.2) is 65.0 Å². The van der Waals surface area contributed by atoms with Gasteiger partial charge in [-0.3, -0.25) is 9.39 Å². The number of allylic oxidation sites excluding steroid dienone is 1. The fourth-order valence-corrected chi connectivity index (χ4v) is 3.70. The van der Waals surface area contributed by atoms with E-state index >= 15 is 0 Å². The van der Waals surface area contributed by atoms with E-state index in [1.54, 1.807) is 13.3 Å². The molecule has 8 heteroatoms. The van der Waals surface area contributed by atoms with Crippen molar-refractivity contribution in [3.63, 3.8) is 0 Å². The van der Waals surface area contributed by atoms with Gasteiger partial charge < -0.3 is 19.7 Å². The van der Waals surface area contributed by atoms with Crippen LogP contribution in [-0.4, -0.2) is 48.1 Å². The molecule has 0 bridgehead atoms. The van der Waals surface area contributed by atoms with Gasteiger partial charge >= 0.3 is 0 Å². The second kappa shape index (κ2) is 7.42. The Morgan fingerprint density at radius 2 is 2.10 bits per heavy atom. The molecule has 1 saturated heterocycles. The highest BCUT2D eigenvalue weighted by Gasteiger charge is 2.22. The quantitative estimate of drug-likeness (QED) is 0.701. The lowest BCUT2D eigenvalue weighted by Crippen LogP contribution is -2.50. The second-order valence-corrected chi connectivity index (χ2v) is 7.31. The van der Waals surface area contributed by atoms with E-state index in [1.807, 2.05) is 58.1 Å². The Balaban J connectivity index is 1.41. The number of hydrogen-bond acceptors (Lipinski definition) is 6. The van der Waals surface area contributed by atoms with Crippen LogP contribution in [0.2, 0.25) is 0 Å². The molecule has 5 rings (SSSR count). The van der Waals surface area contributed by atoms with Crippen molar-refractivity contribution >= 4 is 28.6 Å². The number of pyridine rings is 1. The first kappa shape index (κ1) is 18.0. The van der Waals surface area contributed by atoms with Gasteiger partial charge in [-0.2, -0.15) is 0 Å². The highest BCUT2D eigenvalue weighted by Crippen LogP contribution is 2.35. The zero-order valence-corrected chi connectivity index (χ0v) is 16.6. The Hall–Kier alpha value is -3.03. The van der Waals surface area contributed by atoms with Gasteiger partial charge in [0.25, 0.3) is 0 Å². The lowest BCUT2D eigenvalue weighted by atomic mass is 10.2. The molecule has 0 atom stereocenters. The van der Waals surface area contributed by atoms with Gasteiger partial charge in [-0.25, -0.2) is 4.98 Å². The lowest BCUT2D eigenvalue weighted by molar-refractivity contribution is 0.142. The van der Waals surface area contributed by atoms with Gasteiger partial charge in [0.1, 0.15) is 35.6 Å². The zero-order chi connectivity index (χ0) is 19.8. The molecule has 0 spiro atoms. The zero-order valence-electron chi connectivity index (χ0n) is 15.9.